The molecular weight excluding hydrogens is 358 g/mol. The summed E-state index contributed by atoms with van der Waals surface area (Å²) in [5, 5.41) is 10.2. The summed E-state index contributed by atoms with van der Waals surface area (Å²) in [6.45, 7) is 1.66. The smallest absolute Gasteiger partial charge is 0.226 e. The van der Waals surface area contributed by atoms with Crippen LogP contribution in [0.3, 0.4) is 0 Å². The van der Waals surface area contributed by atoms with Gasteiger partial charge in [0.1, 0.15) is 0 Å². The first-order chi connectivity index (χ1) is 12.1. The van der Waals surface area contributed by atoms with Gasteiger partial charge in [-0.1, -0.05) is 35.9 Å². The summed E-state index contributed by atoms with van der Waals surface area (Å²) >= 11 is 5.87. The molecule has 0 saturated carbocycles. The number of nitrogens with zero attached hydrogens (tertiary/aromatic N) is 3. The van der Waals surface area contributed by atoms with Gasteiger partial charge in [-0.05, 0) is 37.1 Å². The van der Waals surface area contributed by atoms with E-state index in [0.717, 1.165) is 30.7 Å². The molecule has 2 heterocycles. The Hall–Kier alpha value is -2.18. The third-order valence-electron chi connectivity index (χ3n) is 4.26. The molecule has 1 fully saturated rings. The van der Waals surface area contributed by atoms with Gasteiger partial charge in [0.15, 0.2) is 10.8 Å². The van der Waals surface area contributed by atoms with Crippen LogP contribution in [-0.2, 0) is 9.84 Å². The van der Waals surface area contributed by atoms with Crippen molar-refractivity contribution in [2.45, 2.75) is 16.3 Å². The van der Waals surface area contributed by atoms with Crippen LogP contribution in [0.4, 0.5) is 5.82 Å². The monoisotopic (exact) mass is 372 g/mol. The highest BCUT2D eigenvalue weighted by atomic mass is 35.5. The minimum Gasteiger partial charge on any atom is -0.354 e. The minimum absolute atomic E-state index is 0.0302. The first-order valence-electron chi connectivity index (χ1n) is 7.90. The number of hydrogen-bond acceptors (Lipinski definition) is 5. The molecule has 3 aromatic rings. The van der Waals surface area contributed by atoms with Crippen molar-refractivity contribution in [3.05, 3.63) is 60.0 Å². The van der Waals surface area contributed by atoms with E-state index in [2.05, 4.69) is 21.5 Å². The van der Waals surface area contributed by atoms with Crippen LogP contribution in [0.25, 0.3) is 10.8 Å². The number of aromatic nitrogens is 2. The lowest BCUT2D eigenvalue weighted by Gasteiger charge is -2.18. The van der Waals surface area contributed by atoms with Gasteiger partial charge in [-0.15, -0.1) is 10.2 Å². The second kappa shape index (κ2) is 6.28. The molecule has 1 aliphatic heterocycles. The van der Waals surface area contributed by atoms with E-state index in [0.29, 0.717) is 10.4 Å². The molecule has 1 aliphatic rings. The zero-order valence-electron chi connectivity index (χ0n) is 13.3. The van der Waals surface area contributed by atoms with Gasteiger partial charge in [0.05, 0.1) is 4.90 Å². The van der Waals surface area contributed by atoms with Gasteiger partial charge in [0.2, 0.25) is 9.84 Å². The quantitative estimate of drug-likeness (QED) is 0.703. The Morgan fingerprint density at radius 2 is 1.68 bits per heavy atom. The molecule has 7 heteroatoms. The molecule has 2 aromatic carbocycles. The zero-order chi connectivity index (χ0) is 17.4. The van der Waals surface area contributed by atoms with Gasteiger partial charge < -0.3 is 4.90 Å². The van der Waals surface area contributed by atoms with E-state index in [-0.39, 0.29) is 9.92 Å². The predicted octanol–water partition coefficient (Wildman–Crippen LogP) is 3.53. The van der Waals surface area contributed by atoms with Crippen LogP contribution in [0.2, 0.25) is 5.02 Å². The van der Waals surface area contributed by atoms with Crippen molar-refractivity contribution in [1.29, 1.82) is 0 Å². The predicted molar refractivity (Wildman–Crippen MR) is 97.6 cm³/mol. The number of halogens is 1. The molecule has 0 atom stereocenters. The summed E-state index contributed by atoms with van der Waals surface area (Å²) in [6.07, 6.45) is 3.16. The number of fused-ring (bicyclic) bond motifs is 1. The molecular formula is C18H15ClN3O2S. The minimum atomic E-state index is -3.78. The second-order valence-electron chi connectivity index (χ2n) is 5.86. The molecule has 0 amide bonds. The molecule has 1 aromatic heterocycles. The summed E-state index contributed by atoms with van der Waals surface area (Å²) in [5.74, 6) is 0.722. The van der Waals surface area contributed by atoms with E-state index in [9.17, 15) is 8.42 Å². The normalized spacial score (nSPS) is 15.0. The summed E-state index contributed by atoms with van der Waals surface area (Å²) in [5.41, 5.74) is 0. The average Bonchev–Trinajstić information content (AvgIpc) is 3.15. The van der Waals surface area contributed by atoms with Crippen LogP contribution in [0.1, 0.15) is 6.42 Å². The maximum atomic E-state index is 13.0. The van der Waals surface area contributed by atoms with Crippen LogP contribution in [0.5, 0.6) is 0 Å². The fraction of sp³-hybridized carbons (Fsp3) is 0.167. The van der Waals surface area contributed by atoms with Gasteiger partial charge in [0, 0.05) is 28.9 Å². The van der Waals surface area contributed by atoms with E-state index >= 15 is 0 Å². The molecule has 1 saturated heterocycles. The van der Waals surface area contributed by atoms with Gasteiger partial charge in [-0.25, -0.2) is 8.42 Å². The van der Waals surface area contributed by atoms with Crippen LogP contribution in [-0.4, -0.2) is 31.7 Å². The van der Waals surface area contributed by atoms with Crippen LogP contribution < -0.4 is 4.90 Å². The molecule has 25 heavy (non-hydrogen) atoms. The highest BCUT2D eigenvalue weighted by molar-refractivity contribution is 7.91. The maximum Gasteiger partial charge on any atom is 0.226 e. The molecule has 127 valence electrons. The molecule has 1 radical (unpaired) electrons. The second-order valence-corrected chi connectivity index (χ2v) is 8.16. The summed E-state index contributed by atoms with van der Waals surface area (Å²) in [6, 6.07) is 13.4. The van der Waals surface area contributed by atoms with E-state index in [1.165, 1.54) is 12.1 Å². The van der Waals surface area contributed by atoms with Crippen LogP contribution >= 0.6 is 11.6 Å². The number of sulfone groups is 1. The van der Waals surface area contributed by atoms with Crippen molar-refractivity contribution in [1.82, 2.24) is 10.2 Å². The van der Waals surface area contributed by atoms with Crippen molar-refractivity contribution in [3.8, 4) is 0 Å². The lowest BCUT2D eigenvalue weighted by molar-refractivity contribution is 0.591. The van der Waals surface area contributed by atoms with Crippen molar-refractivity contribution in [2.24, 2.45) is 0 Å². The number of hydrogen-bond donors (Lipinski definition) is 0. The van der Waals surface area contributed by atoms with Gasteiger partial charge in [0.25, 0.3) is 0 Å². The average molecular weight is 373 g/mol. The SMILES string of the molecule is O=S(=O)(c1ccc(Cl)cc1)c1nnc(N2C[CH]CC2)c2ccccc12. The molecule has 0 spiro atoms. The van der Waals surface area contributed by atoms with E-state index in [1.807, 2.05) is 18.2 Å². The summed E-state index contributed by atoms with van der Waals surface area (Å²) in [4.78, 5) is 2.26. The molecule has 0 aliphatic carbocycles. The highest BCUT2D eigenvalue weighted by Crippen LogP contribution is 2.32. The standard InChI is InChI=1S/C18H15ClN3O2S/c19-13-7-9-14(10-8-13)25(23,24)18-16-6-2-1-5-15(16)17(20-21-18)22-11-3-4-12-22/h1-3,5-10H,4,11-12H2. The first kappa shape index (κ1) is 16.3. The number of rotatable bonds is 3. The number of benzene rings is 2. The topological polar surface area (TPSA) is 63.2 Å². The molecule has 0 unspecified atom stereocenters. The Kier molecular flexibility index (Phi) is 4.09. The Bertz CT molecular complexity index is 1030. The third-order valence-corrected chi connectivity index (χ3v) is 6.22. The van der Waals surface area contributed by atoms with Crippen molar-refractivity contribution < 1.29 is 8.42 Å². The molecule has 5 nitrogen and oxygen atoms in total. The van der Waals surface area contributed by atoms with Crippen molar-refractivity contribution in [2.75, 3.05) is 18.0 Å². The van der Waals surface area contributed by atoms with Gasteiger partial charge in [-0.2, -0.15) is 0 Å². The van der Waals surface area contributed by atoms with Gasteiger partial charge in [-0.3, -0.25) is 0 Å². The number of anilines is 1. The van der Waals surface area contributed by atoms with Gasteiger partial charge >= 0.3 is 0 Å². The lowest BCUT2D eigenvalue weighted by atomic mass is 10.2. The van der Waals surface area contributed by atoms with Crippen molar-refractivity contribution >= 4 is 38.0 Å². The maximum absolute atomic E-state index is 13.0. The summed E-state index contributed by atoms with van der Waals surface area (Å²) in [7, 11) is -3.78. The molecule has 0 bridgehead atoms. The zero-order valence-corrected chi connectivity index (χ0v) is 14.8. The van der Waals surface area contributed by atoms with E-state index in [4.69, 9.17) is 11.6 Å². The van der Waals surface area contributed by atoms with Crippen LogP contribution in [0, 0.1) is 6.42 Å². The lowest BCUT2D eigenvalue weighted by Crippen LogP contribution is -2.20. The van der Waals surface area contributed by atoms with Crippen molar-refractivity contribution in [3.63, 3.8) is 0 Å². The Labute approximate surface area is 151 Å². The first-order valence-corrected chi connectivity index (χ1v) is 9.76. The fourth-order valence-corrected chi connectivity index (χ4v) is 4.46. The van der Waals surface area contributed by atoms with Crippen LogP contribution in [0.15, 0.2) is 58.5 Å². The molecule has 0 N–H and O–H groups in total. The third kappa shape index (κ3) is 2.85. The van der Waals surface area contributed by atoms with E-state index < -0.39 is 9.84 Å². The largest absolute Gasteiger partial charge is 0.354 e. The summed E-state index contributed by atoms with van der Waals surface area (Å²) < 4.78 is 26.1. The Morgan fingerprint density at radius 1 is 0.960 bits per heavy atom. The fourth-order valence-electron chi connectivity index (χ4n) is 3.00. The van der Waals surface area contributed by atoms with E-state index in [1.54, 1.807) is 18.2 Å². The molecule has 4 rings (SSSR count). The Morgan fingerprint density at radius 3 is 2.36 bits per heavy atom. The highest BCUT2D eigenvalue weighted by Gasteiger charge is 2.26. The Balaban J connectivity index is 1.91.